The predicted molar refractivity (Wildman–Crippen MR) is 76.1 cm³/mol. The Morgan fingerprint density at radius 1 is 1.56 bits per heavy atom. The van der Waals surface area contributed by atoms with Crippen molar-refractivity contribution in [3.05, 3.63) is 35.4 Å². The lowest BCUT2D eigenvalue weighted by Gasteiger charge is -2.30. The summed E-state index contributed by atoms with van der Waals surface area (Å²) in [5.41, 5.74) is 7.88. The fourth-order valence-corrected chi connectivity index (χ4v) is 3.41. The quantitative estimate of drug-likeness (QED) is 0.789. The highest BCUT2D eigenvalue weighted by Crippen LogP contribution is 2.34. The molecule has 1 aliphatic rings. The van der Waals surface area contributed by atoms with Crippen molar-refractivity contribution in [2.24, 2.45) is 5.73 Å². The molecule has 0 spiro atoms. The third-order valence-corrected chi connectivity index (χ3v) is 5.61. The Morgan fingerprint density at radius 2 is 2.22 bits per heavy atom. The van der Waals surface area contributed by atoms with E-state index >= 15 is 0 Å². The third-order valence-electron chi connectivity index (χ3n) is 3.36. The molecule has 4 nitrogen and oxygen atoms in total. The smallest absolute Gasteiger partial charge is 0.220 e. The fraction of sp³-hybridized carbons (Fsp3) is 0.417. The SMILES string of the molecule is CC(C(N)=S)S(=O)(=O)NCC1Cc2ccccc21. The zero-order chi connectivity index (χ0) is 13.3. The monoisotopic (exact) mass is 284 g/mol. The van der Waals surface area contributed by atoms with Crippen LogP contribution in [0.25, 0.3) is 0 Å². The van der Waals surface area contributed by atoms with Crippen molar-refractivity contribution >= 4 is 27.2 Å². The van der Waals surface area contributed by atoms with Crippen molar-refractivity contribution in [3.63, 3.8) is 0 Å². The normalized spacial score (nSPS) is 19.7. The van der Waals surface area contributed by atoms with E-state index in [0.717, 1.165) is 6.42 Å². The highest BCUT2D eigenvalue weighted by molar-refractivity contribution is 7.93. The average Bonchev–Trinajstić information content (AvgIpc) is 2.29. The molecule has 0 bridgehead atoms. The Labute approximate surface area is 113 Å². The van der Waals surface area contributed by atoms with E-state index in [2.05, 4.69) is 10.8 Å². The molecule has 0 aromatic heterocycles. The maximum Gasteiger partial charge on any atom is 0.220 e. The summed E-state index contributed by atoms with van der Waals surface area (Å²) in [6.45, 7) is 1.91. The van der Waals surface area contributed by atoms with Gasteiger partial charge in [0.2, 0.25) is 10.0 Å². The molecular weight excluding hydrogens is 268 g/mol. The van der Waals surface area contributed by atoms with Crippen LogP contribution in [0.3, 0.4) is 0 Å². The van der Waals surface area contributed by atoms with Crippen LogP contribution in [-0.4, -0.2) is 25.2 Å². The second-order valence-corrected chi connectivity index (χ2v) is 7.10. The molecule has 0 aliphatic heterocycles. The minimum atomic E-state index is -3.45. The Kier molecular flexibility index (Phi) is 3.70. The van der Waals surface area contributed by atoms with Gasteiger partial charge in [-0.3, -0.25) is 0 Å². The lowest BCUT2D eigenvalue weighted by Crippen LogP contribution is -2.42. The Balaban J connectivity index is 1.97. The Hall–Kier alpha value is -0.980. The van der Waals surface area contributed by atoms with E-state index in [1.807, 2.05) is 18.2 Å². The van der Waals surface area contributed by atoms with Crippen molar-refractivity contribution in [3.8, 4) is 0 Å². The molecule has 0 heterocycles. The Bertz CT molecular complexity index is 569. The first-order valence-corrected chi connectivity index (χ1v) is 7.73. The molecule has 98 valence electrons. The van der Waals surface area contributed by atoms with Gasteiger partial charge in [0.1, 0.15) is 5.25 Å². The van der Waals surface area contributed by atoms with Crippen LogP contribution in [-0.2, 0) is 16.4 Å². The summed E-state index contributed by atoms with van der Waals surface area (Å²) in [7, 11) is -3.45. The summed E-state index contributed by atoms with van der Waals surface area (Å²) in [6.07, 6.45) is 0.917. The van der Waals surface area contributed by atoms with E-state index in [1.54, 1.807) is 0 Å². The summed E-state index contributed by atoms with van der Waals surface area (Å²) < 4.78 is 26.3. The maximum absolute atomic E-state index is 11.8. The van der Waals surface area contributed by atoms with Gasteiger partial charge in [-0.05, 0) is 24.5 Å². The molecule has 1 aromatic rings. The molecule has 2 unspecified atom stereocenters. The molecule has 18 heavy (non-hydrogen) atoms. The Morgan fingerprint density at radius 3 is 2.83 bits per heavy atom. The van der Waals surface area contributed by atoms with Crippen LogP contribution >= 0.6 is 12.2 Å². The second-order valence-electron chi connectivity index (χ2n) is 4.54. The van der Waals surface area contributed by atoms with E-state index in [1.165, 1.54) is 18.1 Å². The van der Waals surface area contributed by atoms with Gasteiger partial charge in [0.05, 0.1) is 4.99 Å². The van der Waals surface area contributed by atoms with Crippen LogP contribution in [0.5, 0.6) is 0 Å². The topological polar surface area (TPSA) is 72.2 Å². The van der Waals surface area contributed by atoms with Crippen molar-refractivity contribution in [2.75, 3.05) is 6.54 Å². The first kappa shape index (κ1) is 13.5. The summed E-state index contributed by atoms with van der Waals surface area (Å²) in [4.78, 5) is -0.00323. The summed E-state index contributed by atoms with van der Waals surface area (Å²) in [5.74, 6) is 0.259. The van der Waals surface area contributed by atoms with Crippen molar-refractivity contribution < 1.29 is 8.42 Å². The minimum absolute atomic E-state index is 0.00323. The van der Waals surface area contributed by atoms with Crippen LogP contribution in [0, 0.1) is 0 Å². The van der Waals surface area contributed by atoms with E-state index in [9.17, 15) is 8.42 Å². The lowest BCUT2D eigenvalue weighted by molar-refractivity contribution is 0.550. The van der Waals surface area contributed by atoms with Crippen LogP contribution in [0.2, 0.25) is 0 Å². The fourth-order valence-electron chi connectivity index (χ4n) is 2.04. The van der Waals surface area contributed by atoms with Crippen molar-refractivity contribution in [1.82, 2.24) is 4.72 Å². The molecule has 0 saturated heterocycles. The number of thiocarbonyl (C=S) groups is 1. The molecule has 0 saturated carbocycles. The van der Waals surface area contributed by atoms with Gasteiger partial charge in [0.15, 0.2) is 0 Å². The number of sulfonamides is 1. The molecule has 2 atom stereocenters. The third kappa shape index (κ3) is 2.55. The molecule has 1 aliphatic carbocycles. The number of benzene rings is 1. The lowest BCUT2D eigenvalue weighted by atomic mass is 9.78. The molecule has 2 rings (SSSR count). The number of hydrogen-bond donors (Lipinski definition) is 2. The van der Waals surface area contributed by atoms with E-state index in [-0.39, 0.29) is 10.9 Å². The zero-order valence-electron chi connectivity index (χ0n) is 10.1. The van der Waals surface area contributed by atoms with Crippen LogP contribution in [0.4, 0.5) is 0 Å². The highest BCUT2D eigenvalue weighted by atomic mass is 32.2. The van der Waals surface area contributed by atoms with E-state index in [4.69, 9.17) is 18.0 Å². The largest absolute Gasteiger partial charge is 0.392 e. The van der Waals surface area contributed by atoms with Gasteiger partial charge in [-0.25, -0.2) is 13.1 Å². The number of hydrogen-bond acceptors (Lipinski definition) is 3. The van der Waals surface area contributed by atoms with Crippen molar-refractivity contribution in [2.45, 2.75) is 24.5 Å². The standard InChI is InChI=1S/C12H16N2O2S2/c1-8(12(13)17)18(15,16)14-7-10-6-9-4-2-3-5-11(9)10/h2-5,8,10,14H,6-7H2,1H3,(H2,13,17). The molecule has 1 aromatic carbocycles. The van der Waals surface area contributed by atoms with Crippen LogP contribution < -0.4 is 10.5 Å². The molecule has 3 N–H and O–H groups in total. The van der Waals surface area contributed by atoms with Gasteiger partial charge >= 0.3 is 0 Å². The number of fused-ring (bicyclic) bond motifs is 1. The van der Waals surface area contributed by atoms with Crippen molar-refractivity contribution in [1.29, 1.82) is 0 Å². The molecular formula is C12H16N2O2S2. The highest BCUT2D eigenvalue weighted by Gasteiger charge is 2.29. The second kappa shape index (κ2) is 4.95. The van der Waals surface area contributed by atoms with Crippen LogP contribution in [0.1, 0.15) is 24.0 Å². The summed E-state index contributed by atoms with van der Waals surface area (Å²) >= 11 is 4.71. The maximum atomic E-state index is 11.8. The van der Waals surface area contributed by atoms with Gasteiger partial charge in [0.25, 0.3) is 0 Å². The van der Waals surface area contributed by atoms with Gasteiger partial charge in [-0.1, -0.05) is 36.5 Å². The number of nitrogens with two attached hydrogens (primary N) is 1. The van der Waals surface area contributed by atoms with Gasteiger partial charge < -0.3 is 5.73 Å². The van der Waals surface area contributed by atoms with Gasteiger partial charge in [-0.2, -0.15) is 0 Å². The summed E-state index contributed by atoms with van der Waals surface area (Å²) in [5, 5.41) is -0.831. The first-order chi connectivity index (χ1) is 8.42. The van der Waals surface area contributed by atoms with E-state index < -0.39 is 15.3 Å². The molecule has 0 amide bonds. The number of nitrogens with one attached hydrogen (secondary N) is 1. The average molecular weight is 284 g/mol. The zero-order valence-corrected chi connectivity index (χ0v) is 11.7. The van der Waals surface area contributed by atoms with Gasteiger partial charge in [-0.15, -0.1) is 0 Å². The minimum Gasteiger partial charge on any atom is -0.392 e. The van der Waals surface area contributed by atoms with Gasteiger partial charge in [0, 0.05) is 12.5 Å². The molecule has 0 radical (unpaired) electrons. The molecule has 0 fully saturated rings. The summed E-state index contributed by atoms with van der Waals surface area (Å²) in [6, 6.07) is 8.07. The first-order valence-electron chi connectivity index (χ1n) is 5.77. The van der Waals surface area contributed by atoms with E-state index in [0.29, 0.717) is 6.54 Å². The predicted octanol–water partition coefficient (Wildman–Crippen LogP) is 0.920. The number of rotatable bonds is 5. The van der Waals surface area contributed by atoms with Crippen LogP contribution in [0.15, 0.2) is 24.3 Å². The molecule has 6 heteroatoms.